The van der Waals surface area contributed by atoms with Gasteiger partial charge in [-0.05, 0) is 50.1 Å². The fraction of sp³-hybridized carbons (Fsp3) is 0.318. The van der Waals surface area contributed by atoms with Crippen LogP contribution in [0.4, 0.5) is 0 Å². The number of aromatic nitrogens is 2. The van der Waals surface area contributed by atoms with Crippen LogP contribution in [0.5, 0.6) is 5.75 Å². The monoisotopic (exact) mass is 443 g/mol. The lowest BCUT2D eigenvalue weighted by molar-refractivity contribution is -0.120. The van der Waals surface area contributed by atoms with Crippen molar-refractivity contribution in [2.75, 3.05) is 13.7 Å². The molecule has 3 aromatic rings. The van der Waals surface area contributed by atoms with E-state index < -0.39 is 5.25 Å². The lowest BCUT2D eigenvalue weighted by Gasteiger charge is -2.16. The van der Waals surface area contributed by atoms with E-state index in [0.717, 1.165) is 16.9 Å². The van der Waals surface area contributed by atoms with Gasteiger partial charge in [-0.15, -0.1) is 17.9 Å². The van der Waals surface area contributed by atoms with Gasteiger partial charge in [-0.1, -0.05) is 24.8 Å². The van der Waals surface area contributed by atoms with Crippen molar-refractivity contribution in [1.29, 1.82) is 0 Å². The van der Waals surface area contributed by atoms with Gasteiger partial charge in [0.2, 0.25) is 5.91 Å². The second kappa shape index (κ2) is 9.49. The topological polar surface area (TPSA) is 73.2 Å². The van der Waals surface area contributed by atoms with Gasteiger partial charge in [0.05, 0.1) is 23.4 Å². The molecule has 158 valence electrons. The first-order valence-electron chi connectivity index (χ1n) is 9.65. The molecule has 0 radical (unpaired) electrons. The molecule has 8 heteroatoms. The zero-order valence-electron chi connectivity index (χ0n) is 17.5. The number of thiophene rings is 1. The lowest BCUT2D eigenvalue weighted by atomic mass is 10.1. The van der Waals surface area contributed by atoms with Crippen LogP contribution in [0.25, 0.3) is 15.9 Å². The van der Waals surface area contributed by atoms with E-state index in [1.807, 2.05) is 26.0 Å². The first kappa shape index (κ1) is 22.1. The zero-order chi connectivity index (χ0) is 21.8. The largest absolute Gasteiger partial charge is 0.497 e. The first-order valence-corrected chi connectivity index (χ1v) is 11.4. The standard InChI is InChI=1S/C22H25N3O3S2/c1-6-12-23-19(26)14(4)30-22-24-20-18(17(7-2)13(3)29-20)21(27)25(22)15-8-10-16(28-5)11-9-15/h6,8-11,14H,1,7,12H2,2-5H3,(H,23,26)/t14-/m0/s1. The molecule has 1 atom stereocenters. The molecule has 0 saturated carbocycles. The van der Waals surface area contributed by atoms with E-state index in [1.54, 1.807) is 36.8 Å². The average molecular weight is 444 g/mol. The predicted molar refractivity (Wildman–Crippen MR) is 124 cm³/mol. The molecule has 0 unspecified atom stereocenters. The lowest BCUT2D eigenvalue weighted by Crippen LogP contribution is -2.32. The number of rotatable bonds is 8. The SMILES string of the molecule is C=CCNC(=O)[C@H](C)Sc1nc2sc(C)c(CC)c2c(=O)n1-c1ccc(OC)cc1. The number of ether oxygens (including phenoxy) is 1. The Bertz CT molecular complexity index is 1130. The van der Waals surface area contributed by atoms with Crippen molar-refractivity contribution < 1.29 is 9.53 Å². The summed E-state index contributed by atoms with van der Waals surface area (Å²) in [4.78, 5) is 32.6. The maximum absolute atomic E-state index is 13.6. The molecule has 0 spiro atoms. The van der Waals surface area contributed by atoms with Gasteiger partial charge in [-0.3, -0.25) is 14.2 Å². The van der Waals surface area contributed by atoms with Gasteiger partial charge in [-0.2, -0.15) is 0 Å². The van der Waals surface area contributed by atoms with E-state index in [2.05, 4.69) is 11.9 Å². The molecule has 30 heavy (non-hydrogen) atoms. The van der Waals surface area contributed by atoms with Crippen molar-refractivity contribution in [2.45, 2.75) is 37.6 Å². The van der Waals surface area contributed by atoms with Crippen LogP contribution in [0.15, 0.2) is 46.9 Å². The number of aryl methyl sites for hydroxylation is 2. The molecule has 0 aliphatic carbocycles. The number of hydrogen-bond acceptors (Lipinski definition) is 6. The van der Waals surface area contributed by atoms with Crippen LogP contribution < -0.4 is 15.6 Å². The van der Waals surface area contributed by atoms with Crippen LogP contribution in [0, 0.1) is 6.92 Å². The highest BCUT2D eigenvalue weighted by atomic mass is 32.2. The maximum atomic E-state index is 13.6. The van der Waals surface area contributed by atoms with Crippen molar-refractivity contribution in [3.8, 4) is 11.4 Å². The Morgan fingerprint density at radius 3 is 2.70 bits per heavy atom. The molecule has 2 heterocycles. The minimum Gasteiger partial charge on any atom is -0.497 e. The summed E-state index contributed by atoms with van der Waals surface area (Å²) in [5, 5.41) is 3.51. The van der Waals surface area contributed by atoms with Gasteiger partial charge >= 0.3 is 0 Å². The summed E-state index contributed by atoms with van der Waals surface area (Å²) in [5.74, 6) is 0.569. The number of carbonyl (C=O) groups excluding carboxylic acids is 1. The van der Waals surface area contributed by atoms with Crippen molar-refractivity contribution in [1.82, 2.24) is 14.9 Å². The summed E-state index contributed by atoms with van der Waals surface area (Å²) >= 11 is 2.79. The Balaban J connectivity index is 2.17. The number of thioether (sulfide) groups is 1. The molecule has 0 saturated heterocycles. The Morgan fingerprint density at radius 1 is 1.40 bits per heavy atom. The third-order valence-electron chi connectivity index (χ3n) is 4.75. The van der Waals surface area contributed by atoms with Crippen LogP contribution in [-0.4, -0.2) is 34.4 Å². The summed E-state index contributed by atoms with van der Waals surface area (Å²) in [6, 6.07) is 7.26. The van der Waals surface area contributed by atoms with Gasteiger partial charge in [0, 0.05) is 11.4 Å². The highest BCUT2D eigenvalue weighted by Gasteiger charge is 2.22. The second-order valence-corrected chi connectivity index (χ2v) is 9.21. The summed E-state index contributed by atoms with van der Waals surface area (Å²) in [6.07, 6.45) is 2.39. The Kier molecular flexibility index (Phi) is 6.99. The van der Waals surface area contributed by atoms with E-state index >= 15 is 0 Å². The minimum atomic E-state index is -0.425. The summed E-state index contributed by atoms with van der Waals surface area (Å²) in [6.45, 7) is 9.87. The van der Waals surface area contributed by atoms with E-state index in [1.165, 1.54) is 23.1 Å². The van der Waals surface area contributed by atoms with E-state index in [0.29, 0.717) is 33.4 Å². The second-order valence-electron chi connectivity index (χ2n) is 6.70. The smallest absolute Gasteiger partial charge is 0.267 e. The quantitative estimate of drug-likeness (QED) is 0.322. The van der Waals surface area contributed by atoms with Crippen molar-refractivity contribution in [3.63, 3.8) is 0 Å². The van der Waals surface area contributed by atoms with Crippen LogP contribution in [-0.2, 0) is 11.2 Å². The number of carbonyl (C=O) groups is 1. The van der Waals surface area contributed by atoms with E-state index in [-0.39, 0.29) is 11.5 Å². The van der Waals surface area contributed by atoms with Crippen LogP contribution in [0.3, 0.4) is 0 Å². The van der Waals surface area contributed by atoms with E-state index in [9.17, 15) is 9.59 Å². The molecule has 0 aliphatic heterocycles. The fourth-order valence-corrected chi connectivity index (χ4v) is 5.30. The van der Waals surface area contributed by atoms with Crippen molar-refractivity contribution in [3.05, 3.63) is 57.7 Å². The molecule has 1 amide bonds. The van der Waals surface area contributed by atoms with Gasteiger partial charge in [0.1, 0.15) is 10.6 Å². The Hall–Kier alpha value is -2.58. The zero-order valence-corrected chi connectivity index (χ0v) is 19.2. The minimum absolute atomic E-state index is 0.118. The summed E-state index contributed by atoms with van der Waals surface area (Å²) < 4.78 is 6.83. The molecule has 6 nitrogen and oxygen atoms in total. The number of amides is 1. The third-order valence-corrected chi connectivity index (χ3v) is 6.85. The molecule has 3 rings (SSSR count). The predicted octanol–water partition coefficient (Wildman–Crippen LogP) is 4.11. The summed E-state index contributed by atoms with van der Waals surface area (Å²) in [5.41, 5.74) is 1.60. The van der Waals surface area contributed by atoms with Gasteiger partial charge in [-0.25, -0.2) is 4.98 Å². The number of fused-ring (bicyclic) bond motifs is 1. The molecule has 0 aliphatic rings. The molecular formula is C22H25N3O3S2. The van der Waals surface area contributed by atoms with Gasteiger partial charge in [0.15, 0.2) is 5.16 Å². The molecule has 1 N–H and O–H groups in total. The molecule has 1 aromatic carbocycles. The van der Waals surface area contributed by atoms with Crippen molar-refractivity contribution in [2.24, 2.45) is 0 Å². The highest BCUT2D eigenvalue weighted by Crippen LogP contribution is 2.32. The third kappa shape index (κ3) is 4.29. The van der Waals surface area contributed by atoms with Gasteiger partial charge < -0.3 is 10.1 Å². The first-order chi connectivity index (χ1) is 14.4. The Labute approximate surface area is 184 Å². The molecule has 0 bridgehead atoms. The van der Waals surface area contributed by atoms with Crippen molar-refractivity contribution >= 4 is 39.2 Å². The number of methoxy groups -OCH3 is 1. The normalized spacial score (nSPS) is 12.0. The fourth-order valence-electron chi connectivity index (χ4n) is 3.19. The van der Waals surface area contributed by atoms with Crippen LogP contribution in [0.2, 0.25) is 0 Å². The van der Waals surface area contributed by atoms with Gasteiger partial charge in [0.25, 0.3) is 5.56 Å². The average Bonchev–Trinajstić information content (AvgIpc) is 3.07. The molecule has 2 aromatic heterocycles. The highest BCUT2D eigenvalue weighted by molar-refractivity contribution is 8.00. The molecule has 0 fully saturated rings. The number of benzene rings is 1. The van der Waals surface area contributed by atoms with E-state index in [4.69, 9.17) is 9.72 Å². The Morgan fingerprint density at radius 2 is 2.10 bits per heavy atom. The molecular weight excluding hydrogens is 418 g/mol. The number of nitrogens with one attached hydrogen (secondary N) is 1. The summed E-state index contributed by atoms with van der Waals surface area (Å²) in [7, 11) is 1.60. The maximum Gasteiger partial charge on any atom is 0.267 e. The van der Waals surface area contributed by atoms with Crippen LogP contribution in [0.1, 0.15) is 24.3 Å². The number of hydrogen-bond donors (Lipinski definition) is 1. The number of nitrogens with zero attached hydrogens (tertiary/aromatic N) is 2. The van der Waals surface area contributed by atoms with Crippen LogP contribution >= 0.6 is 23.1 Å².